The average molecular weight is 252 g/mol. The number of carboxylic acids is 1. The summed E-state index contributed by atoms with van der Waals surface area (Å²) >= 11 is 0. The van der Waals surface area contributed by atoms with Crippen LogP contribution in [-0.2, 0) is 4.79 Å². The molecule has 2 N–H and O–H groups in total. The van der Waals surface area contributed by atoms with Gasteiger partial charge in [-0.3, -0.25) is 4.79 Å². The maximum atomic E-state index is 10.7. The normalized spacial score (nSPS) is 12.6. The molecule has 1 aromatic carbocycles. The molecule has 0 aliphatic rings. The predicted octanol–water partition coefficient (Wildman–Crippen LogP) is 2.64. The van der Waals surface area contributed by atoms with E-state index >= 15 is 0 Å². The number of aliphatic carboxylic acids is 1. The molecule has 1 atom stereocenters. The zero-order valence-electron chi connectivity index (χ0n) is 11.2. The Morgan fingerprint density at radius 1 is 1.33 bits per heavy atom. The third-order valence-electron chi connectivity index (χ3n) is 2.97. The molecule has 100 valence electrons. The highest BCUT2D eigenvalue weighted by molar-refractivity contribution is 5.68. The summed E-state index contributed by atoms with van der Waals surface area (Å²) in [6.45, 7) is 5.90. The standard InChI is InChI=1S/C14H20O4/c1-8(2)10-6-11(12(15)7-14(16)17)9(3)5-13(10)18-4/h5-6,8,12,15H,7H2,1-4H3,(H,16,17). The summed E-state index contributed by atoms with van der Waals surface area (Å²) < 4.78 is 5.31. The van der Waals surface area contributed by atoms with E-state index in [1.165, 1.54) is 0 Å². The maximum Gasteiger partial charge on any atom is 0.306 e. The molecule has 0 bridgehead atoms. The molecule has 0 amide bonds. The minimum atomic E-state index is -1.01. The minimum Gasteiger partial charge on any atom is -0.496 e. The first-order chi connectivity index (χ1) is 8.36. The van der Waals surface area contributed by atoms with Crippen molar-refractivity contribution in [2.75, 3.05) is 7.11 Å². The number of methoxy groups -OCH3 is 1. The van der Waals surface area contributed by atoms with Crippen LogP contribution in [0, 0.1) is 6.92 Å². The van der Waals surface area contributed by atoms with Gasteiger partial charge in [-0.05, 0) is 41.7 Å². The molecule has 0 saturated heterocycles. The van der Waals surface area contributed by atoms with Gasteiger partial charge in [0, 0.05) is 0 Å². The van der Waals surface area contributed by atoms with Crippen molar-refractivity contribution in [1.29, 1.82) is 0 Å². The van der Waals surface area contributed by atoms with Crippen LogP contribution in [0.15, 0.2) is 12.1 Å². The largest absolute Gasteiger partial charge is 0.496 e. The van der Waals surface area contributed by atoms with E-state index in [-0.39, 0.29) is 12.3 Å². The molecular weight excluding hydrogens is 232 g/mol. The van der Waals surface area contributed by atoms with Crippen molar-refractivity contribution in [2.24, 2.45) is 0 Å². The van der Waals surface area contributed by atoms with Crippen LogP contribution < -0.4 is 4.74 Å². The molecule has 0 aliphatic carbocycles. The molecule has 0 fully saturated rings. The van der Waals surface area contributed by atoms with Gasteiger partial charge in [0.05, 0.1) is 19.6 Å². The van der Waals surface area contributed by atoms with E-state index in [4.69, 9.17) is 9.84 Å². The number of carbonyl (C=O) groups is 1. The number of hydrogen-bond acceptors (Lipinski definition) is 3. The van der Waals surface area contributed by atoms with Gasteiger partial charge < -0.3 is 14.9 Å². The highest BCUT2D eigenvalue weighted by Crippen LogP contribution is 2.32. The highest BCUT2D eigenvalue weighted by atomic mass is 16.5. The summed E-state index contributed by atoms with van der Waals surface area (Å²) in [5.41, 5.74) is 2.47. The molecule has 0 saturated carbocycles. The van der Waals surface area contributed by atoms with Crippen LogP contribution in [0.4, 0.5) is 0 Å². The van der Waals surface area contributed by atoms with Crippen molar-refractivity contribution < 1.29 is 19.7 Å². The number of benzene rings is 1. The van der Waals surface area contributed by atoms with Gasteiger partial charge in [0.15, 0.2) is 0 Å². The van der Waals surface area contributed by atoms with Gasteiger partial charge >= 0.3 is 5.97 Å². The van der Waals surface area contributed by atoms with Gasteiger partial charge in [-0.25, -0.2) is 0 Å². The first-order valence-electron chi connectivity index (χ1n) is 5.95. The van der Waals surface area contributed by atoms with Crippen molar-refractivity contribution in [1.82, 2.24) is 0 Å². The van der Waals surface area contributed by atoms with Gasteiger partial charge in [-0.2, -0.15) is 0 Å². The predicted molar refractivity (Wildman–Crippen MR) is 69.0 cm³/mol. The van der Waals surface area contributed by atoms with Crippen LogP contribution in [0.25, 0.3) is 0 Å². The maximum absolute atomic E-state index is 10.7. The molecule has 1 unspecified atom stereocenters. The molecule has 1 rings (SSSR count). The Labute approximate surface area is 107 Å². The van der Waals surface area contributed by atoms with Crippen molar-refractivity contribution in [2.45, 2.75) is 39.2 Å². The minimum absolute atomic E-state index is 0.247. The topological polar surface area (TPSA) is 66.8 Å². The Morgan fingerprint density at radius 3 is 2.39 bits per heavy atom. The Bertz CT molecular complexity index is 438. The molecule has 4 nitrogen and oxygen atoms in total. The quantitative estimate of drug-likeness (QED) is 0.845. The van der Waals surface area contributed by atoms with Crippen LogP contribution in [0.5, 0.6) is 5.75 Å². The summed E-state index contributed by atoms with van der Waals surface area (Å²) in [6, 6.07) is 3.68. The van der Waals surface area contributed by atoms with Crippen LogP contribution in [0.1, 0.15) is 49.0 Å². The monoisotopic (exact) mass is 252 g/mol. The average Bonchev–Trinajstić information content (AvgIpc) is 2.26. The number of aliphatic hydroxyl groups excluding tert-OH is 1. The molecular formula is C14H20O4. The molecule has 0 aliphatic heterocycles. The third kappa shape index (κ3) is 3.23. The van der Waals surface area contributed by atoms with Crippen molar-refractivity contribution in [3.63, 3.8) is 0 Å². The van der Waals surface area contributed by atoms with E-state index in [9.17, 15) is 9.90 Å². The number of aliphatic hydroxyl groups is 1. The van der Waals surface area contributed by atoms with Crippen LogP contribution >= 0.6 is 0 Å². The smallest absolute Gasteiger partial charge is 0.306 e. The Balaban J connectivity index is 3.20. The van der Waals surface area contributed by atoms with E-state index < -0.39 is 12.1 Å². The summed E-state index contributed by atoms with van der Waals surface area (Å²) in [7, 11) is 1.61. The number of aryl methyl sites for hydroxylation is 1. The highest BCUT2D eigenvalue weighted by Gasteiger charge is 2.18. The van der Waals surface area contributed by atoms with E-state index in [0.717, 1.165) is 16.9 Å². The third-order valence-corrected chi connectivity index (χ3v) is 2.97. The second-order valence-corrected chi connectivity index (χ2v) is 4.72. The second kappa shape index (κ2) is 5.87. The Hall–Kier alpha value is -1.55. The van der Waals surface area contributed by atoms with Gasteiger partial charge in [0.2, 0.25) is 0 Å². The summed E-state index contributed by atoms with van der Waals surface area (Å²) in [5, 5.41) is 18.7. The lowest BCUT2D eigenvalue weighted by molar-refractivity contribution is -0.139. The summed E-state index contributed by atoms with van der Waals surface area (Å²) in [5.74, 6) is 0.00826. The first kappa shape index (κ1) is 14.5. The molecule has 18 heavy (non-hydrogen) atoms. The molecule has 0 heterocycles. The van der Waals surface area contributed by atoms with Gasteiger partial charge in [-0.1, -0.05) is 13.8 Å². The second-order valence-electron chi connectivity index (χ2n) is 4.72. The van der Waals surface area contributed by atoms with Gasteiger partial charge in [0.25, 0.3) is 0 Å². The number of hydrogen-bond donors (Lipinski definition) is 2. The fourth-order valence-corrected chi connectivity index (χ4v) is 1.98. The van der Waals surface area contributed by atoms with Crippen LogP contribution in [0.2, 0.25) is 0 Å². The van der Waals surface area contributed by atoms with Crippen molar-refractivity contribution in [3.8, 4) is 5.75 Å². The van der Waals surface area contributed by atoms with E-state index in [1.807, 2.05) is 32.9 Å². The molecule has 1 aromatic rings. The first-order valence-corrected chi connectivity index (χ1v) is 5.95. The number of carboxylic acid groups (broad SMARTS) is 1. The molecule has 0 aromatic heterocycles. The lowest BCUT2D eigenvalue weighted by Crippen LogP contribution is -2.08. The van der Waals surface area contributed by atoms with E-state index in [2.05, 4.69) is 0 Å². The van der Waals surface area contributed by atoms with Crippen LogP contribution in [-0.4, -0.2) is 23.3 Å². The molecule has 0 spiro atoms. The van der Waals surface area contributed by atoms with Crippen LogP contribution in [0.3, 0.4) is 0 Å². The van der Waals surface area contributed by atoms with Crippen molar-refractivity contribution >= 4 is 5.97 Å². The van der Waals surface area contributed by atoms with E-state index in [0.29, 0.717) is 5.56 Å². The summed E-state index contributed by atoms with van der Waals surface area (Å²) in [4.78, 5) is 10.7. The fraction of sp³-hybridized carbons (Fsp3) is 0.500. The Kier molecular flexibility index (Phi) is 4.73. The summed E-state index contributed by atoms with van der Waals surface area (Å²) in [6.07, 6.45) is -1.27. The van der Waals surface area contributed by atoms with Crippen molar-refractivity contribution in [3.05, 3.63) is 28.8 Å². The Morgan fingerprint density at radius 2 is 1.94 bits per heavy atom. The van der Waals surface area contributed by atoms with E-state index in [1.54, 1.807) is 7.11 Å². The lowest BCUT2D eigenvalue weighted by Gasteiger charge is -2.18. The van der Waals surface area contributed by atoms with Gasteiger partial charge in [0.1, 0.15) is 5.75 Å². The SMILES string of the molecule is COc1cc(C)c(C(O)CC(=O)O)cc1C(C)C. The number of rotatable bonds is 5. The van der Waals surface area contributed by atoms with Gasteiger partial charge in [-0.15, -0.1) is 0 Å². The molecule has 0 radical (unpaired) electrons. The number of ether oxygens (including phenoxy) is 1. The zero-order valence-corrected chi connectivity index (χ0v) is 11.2. The fourth-order valence-electron chi connectivity index (χ4n) is 1.98. The molecule has 4 heteroatoms. The lowest BCUT2D eigenvalue weighted by atomic mass is 9.93. The zero-order chi connectivity index (χ0) is 13.9.